The van der Waals surface area contributed by atoms with Crippen LogP contribution in [-0.4, -0.2) is 24.5 Å². The van der Waals surface area contributed by atoms with E-state index in [9.17, 15) is 0 Å². The first kappa shape index (κ1) is 16.6. The Morgan fingerprint density at radius 2 is 2.10 bits per heavy atom. The Balaban J connectivity index is 1.77. The summed E-state index contributed by atoms with van der Waals surface area (Å²) in [5.41, 5.74) is 1.33. The van der Waals surface area contributed by atoms with Crippen LogP contribution in [0.5, 0.6) is 0 Å². The monoisotopic (exact) mass is 292 g/mol. The summed E-state index contributed by atoms with van der Waals surface area (Å²) in [4.78, 5) is 2.55. The van der Waals surface area contributed by atoms with E-state index in [1.807, 2.05) is 6.26 Å². The molecule has 0 spiro atoms. The van der Waals surface area contributed by atoms with Crippen molar-refractivity contribution < 1.29 is 4.42 Å². The van der Waals surface area contributed by atoms with Gasteiger partial charge in [-0.2, -0.15) is 0 Å². The third kappa shape index (κ3) is 5.48. The first-order chi connectivity index (χ1) is 10.2. The first-order valence-corrected chi connectivity index (χ1v) is 8.67. The number of likely N-dealkylation sites (tertiary alicyclic amines) is 1. The van der Waals surface area contributed by atoms with Crippen LogP contribution in [0.4, 0.5) is 0 Å². The fraction of sp³-hybridized carbons (Fsp3) is 0.778. The largest absolute Gasteiger partial charge is 0.468 e. The van der Waals surface area contributed by atoms with Crippen LogP contribution < -0.4 is 5.32 Å². The van der Waals surface area contributed by atoms with E-state index in [1.54, 1.807) is 0 Å². The summed E-state index contributed by atoms with van der Waals surface area (Å²) in [7, 11) is 0. The maximum atomic E-state index is 5.72. The van der Waals surface area contributed by atoms with Crippen molar-refractivity contribution in [2.24, 2.45) is 11.8 Å². The predicted molar refractivity (Wildman–Crippen MR) is 88.2 cm³/mol. The zero-order valence-corrected chi connectivity index (χ0v) is 14.0. The summed E-state index contributed by atoms with van der Waals surface area (Å²) in [5.74, 6) is 2.80. The molecular weight excluding hydrogens is 260 g/mol. The molecule has 1 aliphatic rings. The Bertz CT molecular complexity index is 392. The Hall–Kier alpha value is -0.800. The molecule has 0 unspecified atom stereocenters. The van der Waals surface area contributed by atoms with Crippen molar-refractivity contribution in [2.75, 3.05) is 19.6 Å². The molecule has 1 aromatic rings. The summed E-state index contributed by atoms with van der Waals surface area (Å²) in [6, 6.07) is 2.12. The van der Waals surface area contributed by atoms with Crippen LogP contribution in [0.3, 0.4) is 0 Å². The fourth-order valence-corrected chi connectivity index (χ4v) is 3.20. The molecule has 1 saturated heterocycles. The summed E-state index contributed by atoms with van der Waals surface area (Å²) in [5, 5.41) is 3.51. The lowest BCUT2D eigenvalue weighted by molar-refractivity contribution is 0.161. The van der Waals surface area contributed by atoms with Gasteiger partial charge < -0.3 is 9.73 Å². The zero-order valence-electron chi connectivity index (χ0n) is 14.0. The Labute approximate surface area is 130 Å². The third-order valence-electron chi connectivity index (χ3n) is 4.48. The van der Waals surface area contributed by atoms with Gasteiger partial charge in [0.25, 0.3) is 0 Å². The average molecular weight is 292 g/mol. The molecule has 0 radical (unpaired) electrons. The molecule has 0 aromatic carbocycles. The molecule has 0 bridgehead atoms. The van der Waals surface area contributed by atoms with Gasteiger partial charge in [-0.25, -0.2) is 0 Å². The number of hydrogen-bond acceptors (Lipinski definition) is 3. The molecule has 3 heteroatoms. The van der Waals surface area contributed by atoms with Gasteiger partial charge in [-0.1, -0.05) is 33.6 Å². The molecule has 1 aromatic heterocycles. The molecule has 0 atom stereocenters. The highest BCUT2D eigenvalue weighted by molar-refractivity contribution is 5.16. The predicted octanol–water partition coefficient (Wildman–Crippen LogP) is 4.04. The van der Waals surface area contributed by atoms with E-state index in [4.69, 9.17) is 4.42 Å². The second-order valence-electron chi connectivity index (χ2n) is 6.90. The molecule has 1 aliphatic heterocycles. The molecule has 0 saturated carbocycles. The SMILES string of the molecule is CCCC1CCN(Cc2occc2CNCC(C)C)CC1. The van der Waals surface area contributed by atoms with Crippen molar-refractivity contribution in [2.45, 2.75) is 59.5 Å². The number of nitrogens with zero attached hydrogens (tertiary/aromatic N) is 1. The van der Waals surface area contributed by atoms with Crippen LogP contribution in [0.1, 0.15) is 57.8 Å². The van der Waals surface area contributed by atoms with E-state index in [2.05, 4.69) is 37.1 Å². The zero-order chi connectivity index (χ0) is 15.1. The molecule has 0 amide bonds. The van der Waals surface area contributed by atoms with Crippen LogP contribution in [0.2, 0.25) is 0 Å². The lowest BCUT2D eigenvalue weighted by atomic mass is 9.92. The highest BCUT2D eigenvalue weighted by atomic mass is 16.3. The van der Waals surface area contributed by atoms with Gasteiger partial charge in [0.15, 0.2) is 0 Å². The molecule has 1 N–H and O–H groups in total. The molecule has 2 heterocycles. The molecule has 120 valence electrons. The van der Waals surface area contributed by atoms with Crippen molar-refractivity contribution in [3.05, 3.63) is 23.7 Å². The molecule has 3 nitrogen and oxygen atoms in total. The number of nitrogens with one attached hydrogen (secondary N) is 1. The Morgan fingerprint density at radius 1 is 1.33 bits per heavy atom. The van der Waals surface area contributed by atoms with Crippen LogP contribution in [0, 0.1) is 11.8 Å². The van der Waals surface area contributed by atoms with Gasteiger partial charge in [0, 0.05) is 12.1 Å². The van der Waals surface area contributed by atoms with Gasteiger partial charge in [0.2, 0.25) is 0 Å². The highest BCUT2D eigenvalue weighted by Gasteiger charge is 2.20. The standard InChI is InChI=1S/C18H32N2O/c1-4-5-16-6-9-20(10-7-16)14-18-17(8-11-21-18)13-19-12-15(2)3/h8,11,15-16,19H,4-7,9-10,12-14H2,1-3H3. The number of hydrogen-bond donors (Lipinski definition) is 1. The van der Waals surface area contributed by atoms with Crippen molar-refractivity contribution >= 4 is 0 Å². The number of furan rings is 1. The lowest BCUT2D eigenvalue weighted by Gasteiger charge is -2.31. The van der Waals surface area contributed by atoms with Crippen molar-refractivity contribution in [1.82, 2.24) is 10.2 Å². The number of piperidine rings is 1. The minimum atomic E-state index is 0.693. The van der Waals surface area contributed by atoms with E-state index in [0.29, 0.717) is 5.92 Å². The van der Waals surface area contributed by atoms with Crippen LogP contribution in [-0.2, 0) is 13.1 Å². The van der Waals surface area contributed by atoms with Gasteiger partial charge in [0.05, 0.1) is 12.8 Å². The normalized spacial score (nSPS) is 17.7. The first-order valence-electron chi connectivity index (χ1n) is 8.67. The topological polar surface area (TPSA) is 28.4 Å². The van der Waals surface area contributed by atoms with Crippen molar-refractivity contribution in [3.8, 4) is 0 Å². The lowest BCUT2D eigenvalue weighted by Crippen LogP contribution is -2.33. The van der Waals surface area contributed by atoms with Gasteiger partial charge in [-0.3, -0.25) is 4.90 Å². The second-order valence-corrected chi connectivity index (χ2v) is 6.90. The van der Waals surface area contributed by atoms with Gasteiger partial charge >= 0.3 is 0 Å². The molecular formula is C18H32N2O. The van der Waals surface area contributed by atoms with E-state index >= 15 is 0 Å². The van der Waals surface area contributed by atoms with E-state index in [0.717, 1.165) is 31.3 Å². The maximum Gasteiger partial charge on any atom is 0.122 e. The average Bonchev–Trinajstić information content (AvgIpc) is 2.88. The maximum absolute atomic E-state index is 5.72. The van der Waals surface area contributed by atoms with Gasteiger partial charge in [0.1, 0.15) is 5.76 Å². The smallest absolute Gasteiger partial charge is 0.122 e. The molecule has 0 aliphatic carbocycles. The van der Waals surface area contributed by atoms with Crippen LogP contribution in [0.15, 0.2) is 16.7 Å². The van der Waals surface area contributed by atoms with Crippen molar-refractivity contribution in [1.29, 1.82) is 0 Å². The molecule has 1 fully saturated rings. The summed E-state index contributed by atoms with van der Waals surface area (Å²) < 4.78 is 5.72. The van der Waals surface area contributed by atoms with Crippen LogP contribution in [0.25, 0.3) is 0 Å². The van der Waals surface area contributed by atoms with E-state index < -0.39 is 0 Å². The minimum Gasteiger partial charge on any atom is -0.468 e. The summed E-state index contributed by atoms with van der Waals surface area (Å²) in [6.07, 6.45) is 7.28. The minimum absolute atomic E-state index is 0.693. The highest BCUT2D eigenvalue weighted by Crippen LogP contribution is 2.23. The second kappa shape index (κ2) is 8.60. The van der Waals surface area contributed by atoms with E-state index in [1.165, 1.54) is 44.3 Å². The third-order valence-corrected chi connectivity index (χ3v) is 4.48. The Kier molecular flexibility index (Phi) is 6.78. The number of rotatable bonds is 8. The molecule has 21 heavy (non-hydrogen) atoms. The summed E-state index contributed by atoms with van der Waals surface area (Å²) in [6.45, 7) is 12.2. The van der Waals surface area contributed by atoms with E-state index in [-0.39, 0.29) is 0 Å². The van der Waals surface area contributed by atoms with Gasteiger partial charge in [-0.05, 0) is 50.4 Å². The van der Waals surface area contributed by atoms with Gasteiger partial charge in [-0.15, -0.1) is 0 Å². The summed E-state index contributed by atoms with van der Waals surface area (Å²) >= 11 is 0. The quantitative estimate of drug-likeness (QED) is 0.784. The molecule has 2 rings (SSSR count). The Morgan fingerprint density at radius 3 is 2.76 bits per heavy atom. The van der Waals surface area contributed by atoms with Crippen LogP contribution >= 0.6 is 0 Å². The fourth-order valence-electron chi connectivity index (χ4n) is 3.20. The van der Waals surface area contributed by atoms with Crippen molar-refractivity contribution in [3.63, 3.8) is 0 Å².